The Morgan fingerprint density at radius 1 is 0.700 bits per heavy atom. The summed E-state index contributed by atoms with van der Waals surface area (Å²) in [6.45, 7) is -1.08. The number of benzene rings is 5. The standard InChI is InChI=1S/C46H48N6O8/c1-50(33-19-23-35(58-3)24-20-33)44(55)38(27-31-13-7-5-8-14-31)47-41(53)29-52-40-18-12-11-17-37(40)49-43(46(52)57)60-30-42(54)48-39(28-32-15-9-6-10-16-32)45(56)51(2)34-21-25-36(59-4)26-22-34/h5-26,38-39,45,56H,27-30H2,1-4H3,(H,47,53)(H,48,54)/t38-,39-,45?/m0/s1. The maximum Gasteiger partial charge on any atom is 0.314 e. The van der Waals surface area contributed by atoms with Crippen molar-refractivity contribution in [3.05, 3.63) is 155 Å². The second kappa shape index (κ2) is 20.0. The molecule has 0 fully saturated rings. The Morgan fingerprint density at radius 2 is 1.25 bits per heavy atom. The second-order valence-corrected chi connectivity index (χ2v) is 14.1. The van der Waals surface area contributed by atoms with Crippen molar-refractivity contribution in [2.24, 2.45) is 0 Å². The van der Waals surface area contributed by atoms with Gasteiger partial charge in [0.25, 0.3) is 11.8 Å². The molecule has 3 N–H and O–H groups in total. The number of fused-ring (bicyclic) bond motifs is 1. The topological polar surface area (TPSA) is 165 Å². The average molecular weight is 813 g/mol. The summed E-state index contributed by atoms with van der Waals surface area (Å²) in [5, 5.41) is 17.3. The molecule has 310 valence electrons. The maximum atomic E-state index is 14.0. The maximum absolute atomic E-state index is 14.0. The van der Waals surface area contributed by atoms with E-state index in [1.165, 1.54) is 9.47 Å². The Bertz CT molecular complexity index is 2430. The van der Waals surface area contributed by atoms with E-state index in [9.17, 15) is 24.3 Å². The van der Waals surface area contributed by atoms with E-state index in [-0.39, 0.29) is 18.7 Å². The first-order chi connectivity index (χ1) is 29.0. The van der Waals surface area contributed by atoms with E-state index in [1.54, 1.807) is 106 Å². The van der Waals surface area contributed by atoms with Gasteiger partial charge in [-0.1, -0.05) is 72.8 Å². The number of ether oxygens (including phenoxy) is 3. The van der Waals surface area contributed by atoms with Gasteiger partial charge in [-0.3, -0.25) is 23.7 Å². The van der Waals surface area contributed by atoms with Crippen molar-refractivity contribution in [1.29, 1.82) is 0 Å². The van der Waals surface area contributed by atoms with Crippen molar-refractivity contribution >= 4 is 40.1 Å². The first-order valence-corrected chi connectivity index (χ1v) is 19.3. The largest absolute Gasteiger partial charge is 0.497 e. The van der Waals surface area contributed by atoms with E-state index >= 15 is 0 Å². The summed E-state index contributed by atoms with van der Waals surface area (Å²) < 4.78 is 17.5. The average Bonchev–Trinajstić information content (AvgIpc) is 3.28. The summed E-state index contributed by atoms with van der Waals surface area (Å²) in [5.41, 5.74) is 2.93. The van der Waals surface area contributed by atoms with Crippen LogP contribution in [-0.2, 0) is 33.8 Å². The molecule has 0 saturated heterocycles. The van der Waals surface area contributed by atoms with Crippen LogP contribution in [0.15, 0.2) is 138 Å². The van der Waals surface area contributed by atoms with E-state index in [0.717, 1.165) is 11.1 Å². The number of aliphatic hydroxyl groups excluding tert-OH is 1. The van der Waals surface area contributed by atoms with Crippen LogP contribution in [0, 0.1) is 0 Å². The van der Waals surface area contributed by atoms with Crippen LogP contribution in [0.3, 0.4) is 0 Å². The summed E-state index contributed by atoms with van der Waals surface area (Å²) in [4.78, 5) is 62.7. The normalized spacial score (nSPS) is 12.4. The molecule has 3 amide bonds. The van der Waals surface area contributed by atoms with Gasteiger partial charge in [-0.05, 0) is 78.2 Å². The third-order valence-corrected chi connectivity index (χ3v) is 10.1. The number of anilines is 2. The molecule has 0 radical (unpaired) electrons. The molecule has 0 aliphatic carbocycles. The van der Waals surface area contributed by atoms with Crippen molar-refractivity contribution in [2.45, 2.75) is 37.7 Å². The number of likely N-dealkylation sites (N-methyl/N-ethyl adjacent to an activating group) is 2. The van der Waals surface area contributed by atoms with Crippen LogP contribution in [-0.4, -0.2) is 85.6 Å². The number of aliphatic hydroxyl groups is 1. The van der Waals surface area contributed by atoms with E-state index in [0.29, 0.717) is 33.9 Å². The number of rotatable bonds is 18. The van der Waals surface area contributed by atoms with Gasteiger partial charge < -0.3 is 39.8 Å². The molecule has 14 heteroatoms. The lowest BCUT2D eigenvalue weighted by Crippen LogP contribution is -2.53. The number of nitrogens with one attached hydrogen (secondary N) is 2. The van der Waals surface area contributed by atoms with Gasteiger partial charge in [-0.15, -0.1) is 0 Å². The highest BCUT2D eigenvalue weighted by Crippen LogP contribution is 2.22. The summed E-state index contributed by atoms with van der Waals surface area (Å²) in [6, 6.07) is 37.8. The zero-order valence-electron chi connectivity index (χ0n) is 33.9. The van der Waals surface area contributed by atoms with Crippen molar-refractivity contribution < 1.29 is 33.7 Å². The molecule has 1 aromatic heterocycles. The fourth-order valence-corrected chi connectivity index (χ4v) is 6.74. The minimum atomic E-state index is -1.16. The van der Waals surface area contributed by atoms with Gasteiger partial charge in [0, 0.05) is 31.9 Å². The van der Waals surface area contributed by atoms with Crippen LogP contribution in [0.25, 0.3) is 11.0 Å². The molecule has 14 nitrogen and oxygen atoms in total. The van der Waals surface area contributed by atoms with Crippen molar-refractivity contribution in [2.75, 3.05) is 44.7 Å². The molecule has 0 spiro atoms. The molecule has 3 atom stereocenters. The molecule has 0 aliphatic heterocycles. The molecule has 1 unspecified atom stereocenters. The minimum absolute atomic E-state index is 0.192. The third kappa shape index (κ3) is 10.6. The molecule has 0 aliphatic rings. The predicted octanol–water partition coefficient (Wildman–Crippen LogP) is 4.37. The van der Waals surface area contributed by atoms with Crippen molar-refractivity contribution in [3.63, 3.8) is 0 Å². The first kappa shape index (κ1) is 42.4. The van der Waals surface area contributed by atoms with E-state index in [4.69, 9.17) is 14.2 Å². The van der Waals surface area contributed by atoms with Gasteiger partial charge >= 0.3 is 5.56 Å². The predicted molar refractivity (Wildman–Crippen MR) is 229 cm³/mol. The molecule has 60 heavy (non-hydrogen) atoms. The number of carbonyl (C=O) groups excluding carboxylic acids is 3. The Hall–Kier alpha value is -7.19. The molecule has 0 bridgehead atoms. The number of methoxy groups -OCH3 is 2. The third-order valence-electron chi connectivity index (χ3n) is 10.1. The highest BCUT2D eigenvalue weighted by atomic mass is 16.5. The number of amides is 3. The summed E-state index contributed by atoms with van der Waals surface area (Å²) >= 11 is 0. The first-order valence-electron chi connectivity index (χ1n) is 19.3. The summed E-state index contributed by atoms with van der Waals surface area (Å²) in [7, 11) is 6.46. The van der Waals surface area contributed by atoms with Crippen LogP contribution < -0.4 is 40.2 Å². The Morgan fingerprint density at radius 3 is 1.85 bits per heavy atom. The van der Waals surface area contributed by atoms with Gasteiger partial charge in [0.2, 0.25) is 11.8 Å². The minimum Gasteiger partial charge on any atom is -0.497 e. The Labute approximate surface area is 348 Å². The number of carbonyl (C=O) groups is 3. The zero-order chi connectivity index (χ0) is 42.6. The fourth-order valence-electron chi connectivity index (χ4n) is 6.74. The molecule has 5 aromatic carbocycles. The zero-order valence-corrected chi connectivity index (χ0v) is 33.9. The highest BCUT2D eigenvalue weighted by molar-refractivity contribution is 5.99. The Kier molecular flexibility index (Phi) is 14.1. The lowest BCUT2D eigenvalue weighted by molar-refractivity contribution is -0.127. The van der Waals surface area contributed by atoms with Gasteiger partial charge in [-0.25, -0.2) is 4.98 Å². The number of para-hydroxylation sites is 2. The molecule has 6 rings (SSSR count). The lowest BCUT2D eigenvalue weighted by atomic mass is 10.0. The molecular formula is C46H48N6O8. The fraction of sp³-hybridized carbons (Fsp3) is 0.239. The van der Waals surface area contributed by atoms with Gasteiger partial charge in [0.1, 0.15) is 30.3 Å². The van der Waals surface area contributed by atoms with E-state index in [2.05, 4.69) is 15.6 Å². The van der Waals surface area contributed by atoms with Crippen LogP contribution in [0.5, 0.6) is 17.4 Å². The quantitative estimate of drug-likeness (QED) is 0.106. The Balaban J connectivity index is 1.19. The molecule has 6 aromatic rings. The van der Waals surface area contributed by atoms with Crippen molar-refractivity contribution in [3.8, 4) is 17.4 Å². The van der Waals surface area contributed by atoms with Crippen LogP contribution >= 0.6 is 0 Å². The molecule has 0 saturated carbocycles. The van der Waals surface area contributed by atoms with E-state index in [1.807, 2.05) is 60.7 Å². The van der Waals surface area contributed by atoms with Gasteiger partial charge in [-0.2, -0.15) is 0 Å². The van der Waals surface area contributed by atoms with Gasteiger partial charge in [0.15, 0.2) is 6.61 Å². The number of aromatic nitrogens is 2. The van der Waals surface area contributed by atoms with Gasteiger partial charge in [0.05, 0.1) is 31.3 Å². The second-order valence-electron chi connectivity index (χ2n) is 14.1. The van der Waals surface area contributed by atoms with Crippen LogP contribution in [0.2, 0.25) is 0 Å². The SMILES string of the molecule is COc1ccc(N(C)C(=O)[C@H](Cc2ccccc2)NC(=O)Cn2c(=O)c(OCC(=O)N[C@@H](Cc3ccccc3)C(O)N(C)c3ccc(OC)cc3)nc3ccccc32)cc1. The van der Waals surface area contributed by atoms with Crippen LogP contribution in [0.1, 0.15) is 11.1 Å². The van der Waals surface area contributed by atoms with Crippen LogP contribution in [0.4, 0.5) is 11.4 Å². The number of hydrogen-bond donors (Lipinski definition) is 3. The van der Waals surface area contributed by atoms with E-state index < -0.39 is 54.7 Å². The van der Waals surface area contributed by atoms with Crippen molar-refractivity contribution in [1.82, 2.24) is 20.2 Å². The smallest absolute Gasteiger partial charge is 0.314 e. The molecular weight excluding hydrogens is 765 g/mol. The number of hydrogen-bond acceptors (Lipinski definition) is 10. The number of nitrogens with zero attached hydrogens (tertiary/aromatic N) is 4. The lowest BCUT2D eigenvalue weighted by Gasteiger charge is -2.33. The highest BCUT2D eigenvalue weighted by Gasteiger charge is 2.28. The molecule has 1 heterocycles. The summed E-state index contributed by atoms with van der Waals surface area (Å²) in [6.07, 6.45) is -0.684. The monoisotopic (exact) mass is 812 g/mol. The summed E-state index contributed by atoms with van der Waals surface area (Å²) in [5.74, 6) is -0.694.